The number of anilines is 1. The van der Waals surface area contributed by atoms with E-state index in [-0.39, 0.29) is 11.2 Å². The van der Waals surface area contributed by atoms with E-state index in [2.05, 4.69) is 32.4 Å². The second-order valence-electron chi connectivity index (χ2n) is 5.89. The Morgan fingerprint density at radius 1 is 1.27 bits per heavy atom. The number of nitrogens with one attached hydrogen (secondary N) is 2. The molecule has 2 N–H and O–H groups in total. The lowest BCUT2D eigenvalue weighted by Gasteiger charge is -2.09. The summed E-state index contributed by atoms with van der Waals surface area (Å²) in [5, 5.41) is 3.73. The number of halogens is 1. The maximum absolute atomic E-state index is 12.3. The first-order valence-corrected chi connectivity index (χ1v) is 9.45. The fraction of sp³-hybridized carbons (Fsp3) is 0.211. The molecule has 0 radical (unpaired) electrons. The molecule has 1 atom stereocenters. The van der Waals surface area contributed by atoms with Gasteiger partial charge in [-0.2, -0.15) is 0 Å². The minimum atomic E-state index is -0.317. The SMILES string of the molecule is Cc1[nH]c(SC(C)C(=O)Nc2ccc(Cl)cn2)nc1Cc1ccccc1. The molecule has 0 aliphatic rings. The number of pyridine rings is 1. The van der Waals surface area contributed by atoms with Gasteiger partial charge in [-0.3, -0.25) is 4.79 Å². The van der Waals surface area contributed by atoms with Crippen molar-refractivity contribution in [2.45, 2.75) is 30.7 Å². The van der Waals surface area contributed by atoms with Crippen LogP contribution in [-0.4, -0.2) is 26.1 Å². The highest BCUT2D eigenvalue weighted by molar-refractivity contribution is 8.00. The van der Waals surface area contributed by atoms with E-state index in [0.29, 0.717) is 10.8 Å². The Kier molecular flexibility index (Phi) is 5.96. The number of thioether (sulfide) groups is 1. The van der Waals surface area contributed by atoms with Gasteiger partial charge in [0.05, 0.1) is 16.0 Å². The third kappa shape index (κ3) is 4.86. The molecule has 1 aromatic carbocycles. The lowest BCUT2D eigenvalue weighted by molar-refractivity contribution is -0.115. The molecule has 0 spiro atoms. The molecule has 2 aromatic heterocycles. The monoisotopic (exact) mass is 386 g/mol. The van der Waals surface area contributed by atoms with Crippen LogP contribution in [0.3, 0.4) is 0 Å². The van der Waals surface area contributed by atoms with Crippen molar-refractivity contribution >= 4 is 35.1 Å². The van der Waals surface area contributed by atoms with E-state index in [9.17, 15) is 4.79 Å². The van der Waals surface area contributed by atoms with Crippen molar-refractivity contribution in [1.29, 1.82) is 0 Å². The summed E-state index contributed by atoms with van der Waals surface area (Å²) in [5.41, 5.74) is 3.22. The molecule has 0 aliphatic carbocycles. The normalized spacial score (nSPS) is 12.0. The summed E-state index contributed by atoms with van der Waals surface area (Å²) in [7, 11) is 0. The van der Waals surface area contributed by atoms with Crippen LogP contribution >= 0.6 is 23.4 Å². The molecule has 26 heavy (non-hydrogen) atoms. The van der Waals surface area contributed by atoms with Crippen LogP contribution in [0, 0.1) is 6.92 Å². The van der Waals surface area contributed by atoms with Gasteiger partial charge in [-0.1, -0.05) is 53.7 Å². The Balaban J connectivity index is 1.62. The molecular weight excluding hydrogens is 368 g/mol. The molecule has 3 rings (SSSR count). The van der Waals surface area contributed by atoms with Crippen LogP contribution in [0.25, 0.3) is 0 Å². The number of hydrogen-bond acceptors (Lipinski definition) is 4. The fourth-order valence-electron chi connectivity index (χ4n) is 2.38. The van der Waals surface area contributed by atoms with E-state index < -0.39 is 0 Å². The number of aryl methyl sites for hydroxylation is 1. The smallest absolute Gasteiger partial charge is 0.238 e. The van der Waals surface area contributed by atoms with Gasteiger partial charge in [0.15, 0.2) is 5.16 Å². The highest BCUT2D eigenvalue weighted by Crippen LogP contribution is 2.24. The Hall–Kier alpha value is -2.31. The zero-order valence-electron chi connectivity index (χ0n) is 14.5. The highest BCUT2D eigenvalue weighted by atomic mass is 35.5. The number of hydrogen-bond donors (Lipinski definition) is 2. The maximum atomic E-state index is 12.3. The predicted molar refractivity (Wildman–Crippen MR) is 106 cm³/mol. The number of carbonyl (C=O) groups excluding carboxylic acids is 1. The van der Waals surface area contributed by atoms with Crippen LogP contribution in [-0.2, 0) is 11.2 Å². The van der Waals surface area contributed by atoms with Crippen molar-refractivity contribution in [3.8, 4) is 0 Å². The van der Waals surface area contributed by atoms with Crippen molar-refractivity contribution in [3.63, 3.8) is 0 Å². The summed E-state index contributed by atoms with van der Waals surface area (Å²) in [6.07, 6.45) is 2.26. The summed E-state index contributed by atoms with van der Waals surface area (Å²) < 4.78 is 0. The molecule has 7 heteroatoms. The minimum absolute atomic E-state index is 0.136. The van der Waals surface area contributed by atoms with Crippen molar-refractivity contribution in [2.75, 3.05) is 5.32 Å². The molecule has 134 valence electrons. The Labute approximate surface area is 161 Å². The number of amides is 1. The number of aromatic nitrogens is 3. The van der Waals surface area contributed by atoms with Crippen molar-refractivity contribution in [2.24, 2.45) is 0 Å². The Bertz CT molecular complexity index is 880. The Morgan fingerprint density at radius 2 is 2.04 bits per heavy atom. The van der Waals surface area contributed by atoms with Crippen molar-refractivity contribution < 1.29 is 4.79 Å². The lowest BCUT2D eigenvalue weighted by atomic mass is 10.1. The van der Waals surface area contributed by atoms with Crippen LogP contribution in [0.2, 0.25) is 5.02 Å². The number of imidazole rings is 1. The molecule has 0 fully saturated rings. The van der Waals surface area contributed by atoms with Gasteiger partial charge in [-0.15, -0.1) is 0 Å². The van der Waals surface area contributed by atoms with Crippen molar-refractivity contribution in [3.05, 3.63) is 70.6 Å². The summed E-state index contributed by atoms with van der Waals surface area (Å²) in [6, 6.07) is 13.6. The highest BCUT2D eigenvalue weighted by Gasteiger charge is 2.18. The second kappa shape index (κ2) is 8.38. The molecular formula is C19H19ClN4OS. The largest absolute Gasteiger partial charge is 0.337 e. The van der Waals surface area contributed by atoms with Gasteiger partial charge in [-0.05, 0) is 31.5 Å². The van der Waals surface area contributed by atoms with E-state index >= 15 is 0 Å². The quantitative estimate of drug-likeness (QED) is 0.613. The molecule has 0 aliphatic heterocycles. The summed E-state index contributed by atoms with van der Waals surface area (Å²) >= 11 is 7.19. The van der Waals surface area contributed by atoms with E-state index in [1.807, 2.05) is 32.0 Å². The van der Waals surface area contributed by atoms with Crippen LogP contribution < -0.4 is 5.32 Å². The average molecular weight is 387 g/mol. The van der Waals surface area contributed by atoms with E-state index in [0.717, 1.165) is 23.0 Å². The number of H-pyrrole nitrogens is 1. The number of benzene rings is 1. The molecule has 5 nitrogen and oxygen atoms in total. The van der Waals surface area contributed by atoms with E-state index in [1.165, 1.54) is 23.5 Å². The summed E-state index contributed by atoms with van der Waals surface area (Å²) in [4.78, 5) is 24.3. The summed E-state index contributed by atoms with van der Waals surface area (Å²) in [5.74, 6) is 0.343. The molecule has 0 saturated heterocycles. The first-order valence-electron chi connectivity index (χ1n) is 8.20. The van der Waals surface area contributed by atoms with E-state index in [4.69, 9.17) is 11.6 Å². The van der Waals surface area contributed by atoms with Gasteiger partial charge in [0.1, 0.15) is 5.82 Å². The Morgan fingerprint density at radius 3 is 2.73 bits per heavy atom. The fourth-order valence-corrected chi connectivity index (χ4v) is 3.37. The lowest BCUT2D eigenvalue weighted by Crippen LogP contribution is -2.23. The predicted octanol–water partition coefficient (Wildman–Crippen LogP) is 4.48. The van der Waals surface area contributed by atoms with Crippen LogP contribution in [0.4, 0.5) is 5.82 Å². The van der Waals surface area contributed by atoms with Gasteiger partial charge in [0.25, 0.3) is 0 Å². The number of nitrogens with zero attached hydrogens (tertiary/aromatic N) is 2. The number of aromatic amines is 1. The second-order valence-corrected chi connectivity index (χ2v) is 7.65. The van der Waals surface area contributed by atoms with Gasteiger partial charge >= 0.3 is 0 Å². The molecule has 1 unspecified atom stereocenters. The van der Waals surface area contributed by atoms with Crippen LogP contribution in [0.1, 0.15) is 23.9 Å². The van der Waals surface area contributed by atoms with Crippen LogP contribution in [0.5, 0.6) is 0 Å². The zero-order chi connectivity index (χ0) is 18.5. The zero-order valence-corrected chi connectivity index (χ0v) is 16.1. The maximum Gasteiger partial charge on any atom is 0.238 e. The average Bonchev–Trinajstić information content (AvgIpc) is 2.97. The third-order valence-corrected chi connectivity index (χ3v) is 5.02. The minimum Gasteiger partial charge on any atom is -0.337 e. The molecule has 0 saturated carbocycles. The summed E-state index contributed by atoms with van der Waals surface area (Å²) in [6.45, 7) is 3.84. The van der Waals surface area contributed by atoms with Crippen LogP contribution in [0.15, 0.2) is 53.8 Å². The number of carbonyl (C=O) groups is 1. The first kappa shape index (κ1) is 18.5. The van der Waals surface area contributed by atoms with Crippen molar-refractivity contribution in [1.82, 2.24) is 15.0 Å². The molecule has 3 aromatic rings. The molecule has 2 heterocycles. The first-order chi connectivity index (χ1) is 12.5. The third-order valence-electron chi connectivity index (χ3n) is 3.81. The molecule has 1 amide bonds. The van der Waals surface area contributed by atoms with Gasteiger partial charge in [-0.25, -0.2) is 9.97 Å². The standard InChI is InChI=1S/C19H19ClN4OS/c1-12-16(10-14-6-4-3-5-7-14)23-19(22-12)26-13(2)18(25)24-17-9-8-15(20)11-21-17/h3-9,11,13H,10H2,1-2H3,(H,22,23)(H,21,24,25). The van der Waals surface area contributed by atoms with Gasteiger partial charge in [0, 0.05) is 18.3 Å². The topological polar surface area (TPSA) is 70.7 Å². The number of rotatable bonds is 6. The van der Waals surface area contributed by atoms with E-state index in [1.54, 1.807) is 12.1 Å². The van der Waals surface area contributed by atoms with Gasteiger partial charge < -0.3 is 10.3 Å². The molecule has 0 bridgehead atoms. The van der Waals surface area contributed by atoms with Gasteiger partial charge in [0.2, 0.25) is 5.91 Å².